The van der Waals surface area contributed by atoms with Gasteiger partial charge in [0, 0.05) is 11.6 Å². The van der Waals surface area contributed by atoms with E-state index in [0.29, 0.717) is 38.9 Å². The zero-order valence-electron chi connectivity index (χ0n) is 22.7. The normalized spacial score (nSPS) is 11.4. The van der Waals surface area contributed by atoms with E-state index < -0.39 is 10.5 Å². The Balaban J connectivity index is 1.39. The van der Waals surface area contributed by atoms with E-state index in [1.807, 2.05) is 37.3 Å². The number of aryl methyl sites for hydroxylation is 1. The first-order valence-electron chi connectivity index (χ1n) is 13.0. The van der Waals surface area contributed by atoms with Crippen molar-refractivity contribution >= 4 is 33.8 Å². The molecule has 0 aliphatic heterocycles. The molecule has 0 N–H and O–H groups in total. The van der Waals surface area contributed by atoms with Crippen LogP contribution in [0.3, 0.4) is 0 Å². The lowest BCUT2D eigenvalue weighted by atomic mass is 10.1. The highest BCUT2D eigenvalue weighted by Gasteiger charge is 2.19. The van der Waals surface area contributed by atoms with Crippen molar-refractivity contribution in [3.05, 3.63) is 128 Å². The summed E-state index contributed by atoms with van der Waals surface area (Å²) >= 11 is 0. The molecule has 0 bridgehead atoms. The van der Waals surface area contributed by atoms with Gasteiger partial charge in [0.2, 0.25) is 5.82 Å². The zero-order valence-corrected chi connectivity index (χ0v) is 22.7. The Bertz CT molecular complexity index is 2040. The average Bonchev–Trinajstić information content (AvgIpc) is 3.45. The molecule has 0 unspecified atom stereocenters. The lowest BCUT2D eigenvalue weighted by Gasteiger charge is -2.09. The minimum absolute atomic E-state index is 0.124. The van der Waals surface area contributed by atoms with Crippen LogP contribution in [0.15, 0.2) is 105 Å². The monoisotopic (exact) mass is 560 g/mol. The van der Waals surface area contributed by atoms with Crippen LogP contribution in [-0.4, -0.2) is 27.9 Å². The molecule has 10 nitrogen and oxygen atoms in total. The zero-order chi connectivity index (χ0) is 29.2. The summed E-state index contributed by atoms with van der Waals surface area (Å²) in [7, 11) is 1.56. The Labute approximate surface area is 239 Å². The van der Waals surface area contributed by atoms with Gasteiger partial charge in [0.05, 0.1) is 34.5 Å². The number of rotatable bonds is 8. The van der Waals surface area contributed by atoms with Crippen LogP contribution in [-0.2, 0) is 6.61 Å². The molecule has 6 aromatic rings. The molecule has 4 aromatic carbocycles. The maximum absolute atomic E-state index is 13.6. The SMILES string of the molecule is COc1cccc2oc(-c3nc4ccccc4c(=O)n3N=Cc3ccc(OCc4ccc(C)cc4)c([N+](=O)[O-])c3)cc12. The second-order valence-corrected chi connectivity index (χ2v) is 9.56. The molecule has 0 amide bonds. The third-order valence-electron chi connectivity index (χ3n) is 6.73. The number of fused-ring (bicyclic) bond motifs is 2. The van der Waals surface area contributed by atoms with Gasteiger partial charge in [0.1, 0.15) is 17.9 Å². The molecular weight excluding hydrogens is 536 g/mol. The standard InChI is InChI=1S/C32H24N4O6/c1-20-10-12-21(13-11-20)19-41-29-15-14-22(16-26(29)36(38)39)18-33-35-31(34-25-7-4-3-6-23(25)32(35)37)30-17-24-27(40-2)8-5-9-28(24)42-30/h3-18H,19H2,1-2H3. The summed E-state index contributed by atoms with van der Waals surface area (Å²) in [5, 5.41) is 17.4. The van der Waals surface area contributed by atoms with Gasteiger partial charge in [-0.15, -0.1) is 0 Å². The maximum Gasteiger partial charge on any atom is 0.311 e. The van der Waals surface area contributed by atoms with Crippen molar-refractivity contribution in [3.8, 4) is 23.1 Å². The molecule has 0 saturated heterocycles. The molecule has 0 spiro atoms. The lowest BCUT2D eigenvalue weighted by molar-refractivity contribution is -0.385. The van der Waals surface area contributed by atoms with Crippen LogP contribution in [0.2, 0.25) is 0 Å². The molecule has 42 heavy (non-hydrogen) atoms. The highest BCUT2D eigenvalue weighted by Crippen LogP contribution is 2.33. The summed E-state index contributed by atoms with van der Waals surface area (Å²) in [6.45, 7) is 2.16. The Kier molecular flexibility index (Phi) is 6.93. The second kappa shape index (κ2) is 11.0. The van der Waals surface area contributed by atoms with Gasteiger partial charge in [-0.25, -0.2) is 4.98 Å². The van der Waals surface area contributed by atoms with Crippen LogP contribution in [0.5, 0.6) is 11.5 Å². The molecular formula is C32H24N4O6. The molecule has 6 rings (SSSR count). The van der Waals surface area contributed by atoms with Gasteiger partial charge in [-0.05, 0) is 55.0 Å². The van der Waals surface area contributed by atoms with Gasteiger partial charge >= 0.3 is 5.69 Å². The van der Waals surface area contributed by atoms with Crippen LogP contribution >= 0.6 is 0 Å². The van der Waals surface area contributed by atoms with Crippen LogP contribution in [0.1, 0.15) is 16.7 Å². The molecule has 0 atom stereocenters. The van der Waals surface area contributed by atoms with Gasteiger partial charge in [-0.2, -0.15) is 9.78 Å². The number of furan rings is 1. The number of nitrogens with zero attached hydrogens (tertiary/aromatic N) is 4. The molecule has 0 aliphatic rings. The number of para-hydroxylation sites is 1. The highest BCUT2D eigenvalue weighted by atomic mass is 16.6. The highest BCUT2D eigenvalue weighted by molar-refractivity contribution is 5.88. The number of hydrogen-bond acceptors (Lipinski definition) is 8. The van der Waals surface area contributed by atoms with Gasteiger partial charge in [0.25, 0.3) is 5.56 Å². The van der Waals surface area contributed by atoms with Gasteiger partial charge in [-0.1, -0.05) is 48.0 Å². The maximum atomic E-state index is 13.6. The molecule has 0 aliphatic carbocycles. The summed E-state index contributed by atoms with van der Waals surface area (Å²) < 4.78 is 18.4. The predicted molar refractivity (Wildman–Crippen MR) is 159 cm³/mol. The van der Waals surface area contributed by atoms with Crippen molar-refractivity contribution in [2.75, 3.05) is 7.11 Å². The Hall–Kier alpha value is -5.77. The number of hydrogen-bond donors (Lipinski definition) is 0. The van der Waals surface area contributed by atoms with E-state index in [-0.39, 0.29) is 23.9 Å². The fourth-order valence-corrected chi connectivity index (χ4v) is 4.56. The molecule has 0 fully saturated rings. The van der Waals surface area contributed by atoms with Crippen molar-refractivity contribution in [2.45, 2.75) is 13.5 Å². The Morgan fingerprint density at radius 1 is 0.976 bits per heavy atom. The van der Waals surface area contributed by atoms with Crippen LogP contribution in [0, 0.1) is 17.0 Å². The molecule has 0 saturated carbocycles. The van der Waals surface area contributed by atoms with Crippen molar-refractivity contribution in [2.24, 2.45) is 5.10 Å². The molecule has 10 heteroatoms. The summed E-state index contributed by atoms with van der Waals surface area (Å²) in [5.74, 6) is 1.21. The fraction of sp³-hybridized carbons (Fsp3) is 0.0938. The topological polar surface area (TPSA) is 122 Å². The summed E-state index contributed by atoms with van der Waals surface area (Å²) in [5.41, 5.74) is 2.77. The second-order valence-electron chi connectivity index (χ2n) is 9.56. The van der Waals surface area contributed by atoms with E-state index in [0.717, 1.165) is 15.8 Å². The van der Waals surface area contributed by atoms with Crippen LogP contribution in [0.4, 0.5) is 5.69 Å². The number of ether oxygens (including phenoxy) is 2. The van der Waals surface area contributed by atoms with E-state index in [4.69, 9.17) is 13.9 Å². The summed E-state index contributed by atoms with van der Waals surface area (Å²) in [6.07, 6.45) is 1.36. The molecule has 2 aromatic heterocycles. The smallest absolute Gasteiger partial charge is 0.311 e. The number of methoxy groups -OCH3 is 1. The predicted octanol–water partition coefficient (Wildman–Crippen LogP) is 6.50. The Morgan fingerprint density at radius 2 is 1.79 bits per heavy atom. The third kappa shape index (κ3) is 5.08. The van der Waals surface area contributed by atoms with Crippen molar-refractivity contribution < 1.29 is 18.8 Å². The van der Waals surface area contributed by atoms with Crippen molar-refractivity contribution in [1.82, 2.24) is 9.66 Å². The number of benzene rings is 4. The molecule has 208 valence electrons. The number of nitro benzene ring substituents is 1. The van der Waals surface area contributed by atoms with E-state index in [9.17, 15) is 14.9 Å². The summed E-state index contributed by atoms with van der Waals surface area (Å²) in [4.78, 5) is 29.6. The first kappa shape index (κ1) is 26.5. The minimum Gasteiger partial charge on any atom is -0.496 e. The van der Waals surface area contributed by atoms with Gasteiger partial charge in [0.15, 0.2) is 11.5 Å². The summed E-state index contributed by atoms with van der Waals surface area (Å²) in [6, 6.07) is 26.3. The van der Waals surface area contributed by atoms with Gasteiger partial charge < -0.3 is 13.9 Å². The van der Waals surface area contributed by atoms with Crippen molar-refractivity contribution in [3.63, 3.8) is 0 Å². The van der Waals surface area contributed by atoms with E-state index >= 15 is 0 Å². The lowest BCUT2D eigenvalue weighted by Crippen LogP contribution is -2.20. The first-order chi connectivity index (χ1) is 20.4. The van der Waals surface area contributed by atoms with Crippen molar-refractivity contribution in [1.29, 1.82) is 0 Å². The number of aromatic nitrogens is 2. The molecule has 2 heterocycles. The van der Waals surface area contributed by atoms with E-state index in [2.05, 4.69) is 10.1 Å². The average molecular weight is 561 g/mol. The van der Waals surface area contributed by atoms with E-state index in [1.54, 1.807) is 55.6 Å². The van der Waals surface area contributed by atoms with Crippen LogP contribution < -0.4 is 15.0 Å². The third-order valence-corrected chi connectivity index (χ3v) is 6.73. The Morgan fingerprint density at radius 3 is 2.57 bits per heavy atom. The number of nitro groups is 1. The van der Waals surface area contributed by atoms with Crippen LogP contribution in [0.25, 0.3) is 33.5 Å². The van der Waals surface area contributed by atoms with E-state index in [1.165, 1.54) is 18.3 Å². The largest absolute Gasteiger partial charge is 0.496 e. The fourth-order valence-electron chi connectivity index (χ4n) is 4.56. The first-order valence-corrected chi connectivity index (χ1v) is 13.0. The quantitative estimate of drug-likeness (QED) is 0.118. The minimum atomic E-state index is -0.515. The molecule has 0 radical (unpaired) electrons. The van der Waals surface area contributed by atoms with Gasteiger partial charge in [-0.3, -0.25) is 14.9 Å².